The third-order valence-corrected chi connectivity index (χ3v) is 5.39. The van der Waals surface area contributed by atoms with Crippen molar-refractivity contribution in [3.63, 3.8) is 0 Å². The van der Waals surface area contributed by atoms with Crippen LogP contribution in [0.5, 0.6) is 0 Å². The fourth-order valence-corrected chi connectivity index (χ4v) is 4.46. The van der Waals surface area contributed by atoms with E-state index in [1.807, 2.05) is 0 Å². The molecule has 0 saturated heterocycles. The van der Waals surface area contributed by atoms with Crippen molar-refractivity contribution in [2.75, 3.05) is 6.54 Å². The van der Waals surface area contributed by atoms with E-state index in [2.05, 4.69) is 58.4 Å². The molecule has 2 aliphatic rings. The molecule has 2 aromatic heterocycles. The van der Waals surface area contributed by atoms with Gasteiger partial charge in [-0.25, -0.2) is 0 Å². The van der Waals surface area contributed by atoms with Crippen molar-refractivity contribution in [3.8, 4) is 0 Å². The number of hydrogen-bond acceptors (Lipinski definition) is 1. The van der Waals surface area contributed by atoms with E-state index in [-0.39, 0.29) is 0 Å². The van der Waals surface area contributed by atoms with Gasteiger partial charge in [-0.2, -0.15) is 0 Å². The maximum Gasteiger partial charge on any atom is 0.0526 e. The summed E-state index contributed by atoms with van der Waals surface area (Å²) in [7, 11) is 0. The minimum Gasteiger partial charge on any atom is -0.319 e. The Morgan fingerprint density at radius 1 is 1.00 bits per heavy atom. The van der Waals surface area contributed by atoms with Gasteiger partial charge in [0.15, 0.2) is 0 Å². The monoisotopic (exact) mass is 288 g/mol. The maximum atomic E-state index is 3.54. The Labute approximate surface area is 130 Å². The molecule has 2 nitrogen and oxygen atoms in total. The van der Waals surface area contributed by atoms with Gasteiger partial charge in [0.05, 0.1) is 5.52 Å². The quantitative estimate of drug-likeness (QED) is 0.723. The molecule has 22 heavy (non-hydrogen) atoms. The lowest BCUT2D eigenvalue weighted by Gasteiger charge is -2.25. The van der Waals surface area contributed by atoms with Crippen LogP contribution in [0.15, 0.2) is 48.7 Å². The van der Waals surface area contributed by atoms with Gasteiger partial charge in [-0.3, -0.25) is 0 Å². The number of nitrogens with one attached hydrogen (secondary N) is 1. The van der Waals surface area contributed by atoms with Crippen molar-refractivity contribution in [1.29, 1.82) is 0 Å². The van der Waals surface area contributed by atoms with Gasteiger partial charge in [0.2, 0.25) is 0 Å². The van der Waals surface area contributed by atoms with E-state index >= 15 is 0 Å². The molecule has 1 aliphatic carbocycles. The van der Waals surface area contributed by atoms with E-state index in [1.165, 1.54) is 35.2 Å². The lowest BCUT2D eigenvalue weighted by molar-refractivity contribution is 0.620. The Morgan fingerprint density at radius 2 is 1.91 bits per heavy atom. The van der Waals surface area contributed by atoms with Gasteiger partial charge in [0.1, 0.15) is 0 Å². The van der Waals surface area contributed by atoms with Gasteiger partial charge in [-0.05, 0) is 54.1 Å². The number of hydrogen-bond donors (Lipinski definition) is 1. The molecule has 1 aliphatic heterocycles. The molecule has 110 valence electrons. The summed E-state index contributed by atoms with van der Waals surface area (Å²) in [5.41, 5.74) is 9.21. The molecule has 0 saturated carbocycles. The first-order chi connectivity index (χ1) is 10.9. The lowest BCUT2D eigenvalue weighted by Crippen LogP contribution is -2.24. The second-order valence-corrected chi connectivity index (χ2v) is 6.52. The second-order valence-electron chi connectivity index (χ2n) is 6.52. The Balaban J connectivity index is 1.83. The van der Waals surface area contributed by atoms with Gasteiger partial charge in [0, 0.05) is 24.4 Å². The fraction of sp³-hybridized carbons (Fsp3) is 0.300. The topological polar surface area (TPSA) is 16.4 Å². The summed E-state index contributed by atoms with van der Waals surface area (Å²) < 4.78 is 2.46. The smallest absolute Gasteiger partial charge is 0.0526 e. The summed E-state index contributed by atoms with van der Waals surface area (Å²) in [6, 6.07) is 15.6. The molecular formula is C20H20N2. The lowest BCUT2D eigenvalue weighted by atomic mass is 9.79. The minimum atomic E-state index is 0.563. The predicted molar refractivity (Wildman–Crippen MR) is 89.4 cm³/mol. The van der Waals surface area contributed by atoms with Crippen LogP contribution in [0.25, 0.3) is 5.52 Å². The predicted octanol–water partition coefficient (Wildman–Crippen LogP) is 3.66. The standard InChI is InChI=1S/C20H20N2/c1-2-5-14(6-3-1)16-9-8-15-7-4-12-22-18-13-21-11-10-17(18)19(16)20(15)22/h1-7,12,16,21H,8-11,13H2. The molecule has 5 rings (SSSR count). The SMILES string of the molecule is c1ccc(C2CCc3cccn4c5c(c2c34)CCNC5)cc1. The second kappa shape index (κ2) is 4.72. The highest BCUT2D eigenvalue weighted by Gasteiger charge is 2.30. The Kier molecular flexibility index (Phi) is 2.68. The first-order valence-electron chi connectivity index (χ1n) is 8.32. The Morgan fingerprint density at radius 3 is 2.82 bits per heavy atom. The van der Waals surface area contributed by atoms with Crippen LogP contribution in [0.4, 0.5) is 0 Å². The van der Waals surface area contributed by atoms with Crippen molar-refractivity contribution in [1.82, 2.24) is 9.72 Å². The number of nitrogens with zero attached hydrogens (tertiary/aromatic N) is 1. The summed E-state index contributed by atoms with van der Waals surface area (Å²) in [6.07, 6.45) is 5.84. The Hall–Kier alpha value is -2.06. The highest BCUT2D eigenvalue weighted by Crippen LogP contribution is 2.43. The molecule has 1 unspecified atom stereocenters. The highest BCUT2D eigenvalue weighted by molar-refractivity contribution is 5.71. The average molecular weight is 288 g/mol. The number of pyridine rings is 1. The molecule has 0 radical (unpaired) electrons. The highest BCUT2D eigenvalue weighted by atomic mass is 15.0. The van der Waals surface area contributed by atoms with Crippen molar-refractivity contribution >= 4 is 5.52 Å². The molecular weight excluding hydrogens is 268 g/mol. The fourth-order valence-electron chi connectivity index (χ4n) is 4.46. The molecule has 0 fully saturated rings. The van der Waals surface area contributed by atoms with Crippen molar-refractivity contribution in [2.24, 2.45) is 0 Å². The molecule has 1 atom stereocenters. The van der Waals surface area contributed by atoms with E-state index < -0.39 is 0 Å². The van der Waals surface area contributed by atoms with Gasteiger partial charge in [0.25, 0.3) is 0 Å². The van der Waals surface area contributed by atoms with Crippen LogP contribution in [0, 0.1) is 0 Å². The van der Waals surface area contributed by atoms with Crippen molar-refractivity contribution < 1.29 is 0 Å². The average Bonchev–Trinajstić information content (AvgIpc) is 2.93. The number of fused-ring (bicyclic) bond motifs is 3. The van der Waals surface area contributed by atoms with E-state index in [9.17, 15) is 0 Å². The number of benzene rings is 1. The van der Waals surface area contributed by atoms with E-state index in [4.69, 9.17) is 0 Å². The van der Waals surface area contributed by atoms with Crippen LogP contribution in [-0.2, 0) is 19.4 Å². The van der Waals surface area contributed by atoms with E-state index in [1.54, 1.807) is 11.1 Å². The van der Waals surface area contributed by atoms with Crippen LogP contribution in [0.1, 0.15) is 40.3 Å². The normalized spacial score (nSPS) is 20.1. The zero-order valence-corrected chi connectivity index (χ0v) is 12.7. The zero-order valence-electron chi connectivity index (χ0n) is 12.7. The Bertz CT molecular complexity index is 845. The molecule has 1 N–H and O–H groups in total. The van der Waals surface area contributed by atoms with Gasteiger partial charge in [-0.1, -0.05) is 36.4 Å². The molecule has 2 heteroatoms. The van der Waals surface area contributed by atoms with Crippen LogP contribution in [0.2, 0.25) is 0 Å². The minimum absolute atomic E-state index is 0.563. The number of aromatic nitrogens is 1. The van der Waals surface area contributed by atoms with Crippen LogP contribution in [0.3, 0.4) is 0 Å². The molecule has 0 bridgehead atoms. The van der Waals surface area contributed by atoms with Gasteiger partial charge in [-0.15, -0.1) is 0 Å². The third-order valence-electron chi connectivity index (χ3n) is 5.39. The van der Waals surface area contributed by atoms with Crippen molar-refractivity contribution in [3.05, 3.63) is 76.6 Å². The first kappa shape index (κ1) is 12.5. The van der Waals surface area contributed by atoms with Crippen LogP contribution in [-0.4, -0.2) is 10.9 Å². The molecule has 0 spiro atoms. The molecule has 3 heterocycles. The number of aryl methyl sites for hydroxylation is 1. The summed E-state index contributed by atoms with van der Waals surface area (Å²) in [5.74, 6) is 0.563. The van der Waals surface area contributed by atoms with E-state index in [0.717, 1.165) is 19.5 Å². The molecule has 1 aromatic carbocycles. The summed E-state index contributed by atoms with van der Waals surface area (Å²) in [4.78, 5) is 0. The zero-order chi connectivity index (χ0) is 14.5. The van der Waals surface area contributed by atoms with Crippen LogP contribution < -0.4 is 5.32 Å². The molecule has 3 aromatic rings. The summed E-state index contributed by atoms with van der Waals surface area (Å²) in [6.45, 7) is 2.11. The van der Waals surface area contributed by atoms with Gasteiger partial charge < -0.3 is 9.72 Å². The summed E-state index contributed by atoms with van der Waals surface area (Å²) >= 11 is 0. The maximum absolute atomic E-state index is 3.54. The van der Waals surface area contributed by atoms with Crippen LogP contribution >= 0.6 is 0 Å². The number of rotatable bonds is 1. The summed E-state index contributed by atoms with van der Waals surface area (Å²) in [5, 5.41) is 3.54. The largest absolute Gasteiger partial charge is 0.319 e. The third kappa shape index (κ3) is 1.65. The van der Waals surface area contributed by atoms with Crippen molar-refractivity contribution in [2.45, 2.75) is 31.7 Å². The van der Waals surface area contributed by atoms with E-state index in [0.29, 0.717) is 5.92 Å². The molecule has 0 amide bonds. The van der Waals surface area contributed by atoms with Gasteiger partial charge >= 0.3 is 0 Å². The first-order valence-corrected chi connectivity index (χ1v) is 8.32.